The lowest BCUT2D eigenvalue weighted by Gasteiger charge is -2.12. The average Bonchev–Trinajstić information content (AvgIpc) is 3.15. The molecule has 0 fully saturated rings. The molecule has 3 aromatic rings. The van der Waals surface area contributed by atoms with Crippen LogP contribution in [0.4, 0.5) is 4.39 Å². The summed E-state index contributed by atoms with van der Waals surface area (Å²) in [5, 5.41) is 2.79. The topological polar surface area (TPSA) is 82.2 Å². The van der Waals surface area contributed by atoms with E-state index in [0.717, 1.165) is 11.3 Å². The summed E-state index contributed by atoms with van der Waals surface area (Å²) >= 11 is 0. The molecule has 0 spiro atoms. The van der Waals surface area contributed by atoms with Crippen molar-refractivity contribution in [1.29, 1.82) is 0 Å². The van der Waals surface area contributed by atoms with Gasteiger partial charge in [0.15, 0.2) is 0 Å². The first-order valence-corrected chi connectivity index (χ1v) is 9.39. The summed E-state index contributed by atoms with van der Waals surface area (Å²) in [6, 6.07) is 14.0. The van der Waals surface area contributed by atoms with Crippen molar-refractivity contribution >= 4 is 30.7 Å². The molecule has 168 valence electrons. The lowest BCUT2D eigenvalue weighted by Crippen LogP contribution is -2.41. The fourth-order valence-electron chi connectivity index (χ4n) is 3.03. The molecule has 1 aromatic heterocycles. The summed E-state index contributed by atoms with van der Waals surface area (Å²) < 4.78 is 20.6. The third-order valence-electron chi connectivity index (χ3n) is 4.54. The van der Waals surface area contributed by atoms with Gasteiger partial charge >= 0.3 is 0 Å². The van der Waals surface area contributed by atoms with Crippen LogP contribution in [-0.4, -0.2) is 28.6 Å². The number of hydrogen-bond acceptors (Lipinski definition) is 4. The number of nitrogens with two attached hydrogens (primary N) is 1. The Hall–Kier alpha value is -2.45. The number of hydrogen-bond donors (Lipinski definition) is 2. The zero-order valence-electron chi connectivity index (χ0n) is 17.2. The highest BCUT2D eigenvalue weighted by molar-refractivity contribution is 5.85. The van der Waals surface area contributed by atoms with Crippen LogP contribution in [-0.2, 0) is 35.6 Å². The van der Waals surface area contributed by atoms with Gasteiger partial charge < -0.3 is 20.4 Å². The van der Waals surface area contributed by atoms with Gasteiger partial charge in [-0.25, -0.2) is 9.37 Å². The summed E-state index contributed by atoms with van der Waals surface area (Å²) in [5.74, 6) is -0.607. The van der Waals surface area contributed by atoms with E-state index in [9.17, 15) is 9.18 Å². The minimum Gasteiger partial charge on any atom is -0.380 e. The van der Waals surface area contributed by atoms with Crippen LogP contribution >= 0.6 is 24.8 Å². The molecule has 0 saturated heterocycles. The maximum atomic E-state index is 13.7. The van der Waals surface area contributed by atoms with Crippen molar-refractivity contribution in [3.05, 3.63) is 89.3 Å². The van der Waals surface area contributed by atoms with E-state index in [4.69, 9.17) is 10.5 Å². The molecule has 1 atom stereocenters. The quantitative estimate of drug-likeness (QED) is 0.504. The smallest absolute Gasteiger partial charge is 0.237 e. The van der Waals surface area contributed by atoms with Crippen molar-refractivity contribution in [3.8, 4) is 0 Å². The van der Waals surface area contributed by atoms with Crippen LogP contribution in [0.3, 0.4) is 0 Å². The number of carbonyl (C=O) groups excluding carboxylic acids is 1. The number of benzene rings is 2. The van der Waals surface area contributed by atoms with Gasteiger partial charge in [0.25, 0.3) is 0 Å². The van der Waals surface area contributed by atoms with E-state index in [0.29, 0.717) is 18.5 Å². The fourth-order valence-corrected chi connectivity index (χ4v) is 3.03. The van der Waals surface area contributed by atoms with Gasteiger partial charge in [0.2, 0.25) is 5.91 Å². The zero-order chi connectivity index (χ0) is 20.6. The summed E-state index contributed by atoms with van der Waals surface area (Å²) in [6.45, 7) is 1.16. The predicted molar refractivity (Wildman–Crippen MR) is 123 cm³/mol. The number of halogens is 3. The number of rotatable bonds is 9. The summed E-state index contributed by atoms with van der Waals surface area (Å²) in [4.78, 5) is 16.7. The molecule has 31 heavy (non-hydrogen) atoms. The molecular formula is C22H27Cl2FN4O2. The van der Waals surface area contributed by atoms with Crippen LogP contribution in [0.15, 0.2) is 61.1 Å². The van der Waals surface area contributed by atoms with Crippen LogP contribution in [0.5, 0.6) is 0 Å². The molecule has 3 rings (SSSR count). The minimum atomic E-state index is -0.714. The second-order valence-electron chi connectivity index (χ2n) is 6.91. The number of amides is 1. The maximum absolute atomic E-state index is 13.7. The standard InChI is InChI=1S/C22H25FN4O2.2ClH/c1-29-14-18-9-17(7-8-20(18)23)11-25-22(28)21(24)10-19-13-27(15-26-19)12-16-5-3-2-4-6-16;;/h2-9,13,15,21H,10-12,14,24H2,1H3,(H,25,28);2*1H/t21-;;/m0../s1. The van der Waals surface area contributed by atoms with Gasteiger partial charge in [0, 0.05) is 38.4 Å². The minimum absolute atomic E-state index is 0. The SMILES string of the molecule is COCc1cc(CNC(=O)[C@@H](N)Cc2cn(Cc3ccccc3)cn2)ccc1F.Cl.Cl. The molecular weight excluding hydrogens is 442 g/mol. The highest BCUT2D eigenvalue weighted by Crippen LogP contribution is 2.12. The normalized spacial score (nSPS) is 11.2. The Labute approximate surface area is 193 Å². The van der Waals surface area contributed by atoms with E-state index >= 15 is 0 Å². The molecule has 0 saturated carbocycles. The van der Waals surface area contributed by atoms with Crippen LogP contribution in [0.1, 0.15) is 22.4 Å². The average molecular weight is 469 g/mol. The van der Waals surface area contributed by atoms with Crippen LogP contribution < -0.4 is 11.1 Å². The Kier molecular flexibility index (Phi) is 11.2. The van der Waals surface area contributed by atoms with Gasteiger partial charge in [0.1, 0.15) is 5.82 Å². The first-order valence-electron chi connectivity index (χ1n) is 9.39. The van der Waals surface area contributed by atoms with Crippen LogP contribution in [0.25, 0.3) is 0 Å². The van der Waals surface area contributed by atoms with E-state index in [2.05, 4.69) is 10.3 Å². The number of ether oxygens (including phenoxy) is 1. The fraction of sp³-hybridized carbons (Fsp3) is 0.273. The molecule has 0 aliphatic carbocycles. The largest absolute Gasteiger partial charge is 0.380 e. The van der Waals surface area contributed by atoms with Crippen LogP contribution in [0, 0.1) is 5.82 Å². The van der Waals surface area contributed by atoms with Crippen molar-refractivity contribution in [2.24, 2.45) is 5.73 Å². The van der Waals surface area contributed by atoms with E-state index in [-0.39, 0.29) is 49.7 Å². The summed E-state index contributed by atoms with van der Waals surface area (Å²) in [7, 11) is 1.51. The lowest BCUT2D eigenvalue weighted by molar-refractivity contribution is -0.122. The second-order valence-corrected chi connectivity index (χ2v) is 6.91. The number of aromatic nitrogens is 2. The molecule has 2 aromatic carbocycles. The van der Waals surface area contributed by atoms with Gasteiger partial charge in [-0.05, 0) is 23.3 Å². The third kappa shape index (κ3) is 7.95. The van der Waals surface area contributed by atoms with Crippen molar-refractivity contribution in [3.63, 3.8) is 0 Å². The molecule has 9 heteroatoms. The predicted octanol–water partition coefficient (Wildman–Crippen LogP) is 3.25. The number of carbonyl (C=O) groups is 1. The lowest BCUT2D eigenvalue weighted by atomic mass is 10.1. The molecule has 0 aliphatic heterocycles. The van der Waals surface area contributed by atoms with Gasteiger partial charge in [-0.3, -0.25) is 4.79 Å². The number of imidazole rings is 1. The van der Waals surface area contributed by atoms with Gasteiger partial charge in [0.05, 0.1) is 24.7 Å². The van der Waals surface area contributed by atoms with E-state index < -0.39 is 6.04 Å². The Morgan fingerprint density at radius 3 is 2.65 bits per heavy atom. The number of methoxy groups -OCH3 is 1. The zero-order valence-corrected chi connectivity index (χ0v) is 18.8. The van der Waals surface area contributed by atoms with E-state index in [1.54, 1.807) is 18.5 Å². The summed E-state index contributed by atoms with van der Waals surface area (Å²) in [6.07, 6.45) is 3.98. The Balaban J connectivity index is 0.00000240. The molecule has 1 heterocycles. The van der Waals surface area contributed by atoms with Crippen LogP contribution in [0.2, 0.25) is 0 Å². The van der Waals surface area contributed by atoms with Gasteiger partial charge in [-0.2, -0.15) is 0 Å². The van der Waals surface area contributed by atoms with Crippen molar-refractivity contribution in [2.75, 3.05) is 7.11 Å². The Morgan fingerprint density at radius 2 is 1.94 bits per heavy atom. The molecule has 0 aliphatic rings. The second kappa shape index (κ2) is 13.1. The molecule has 0 bridgehead atoms. The first-order chi connectivity index (χ1) is 14.0. The first kappa shape index (κ1) is 26.6. The third-order valence-corrected chi connectivity index (χ3v) is 4.54. The van der Waals surface area contributed by atoms with E-state index in [1.807, 2.05) is 41.1 Å². The Bertz CT molecular complexity index is 954. The number of nitrogens with one attached hydrogen (secondary N) is 1. The highest BCUT2D eigenvalue weighted by atomic mass is 35.5. The van der Waals surface area contributed by atoms with Crippen molar-refractivity contribution in [1.82, 2.24) is 14.9 Å². The molecule has 1 amide bonds. The monoisotopic (exact) mass is 468 g/mol. The highest BCUT2D eigenvalue weighted by Gasteiger charge is 2.15. The maximum Gasteiger partial charge on any atom is 0.237 e. The molecule has 0 unspecified atom stereocenters. The van der Waals surface area contributed by atoms with E-state index in [1.165, 1.54) is 18.7 Å². The van der Waals surface area contributed by atoms with Crippen molar-refractivity contribution < 1.29 is 13.9 Å². The molecule has 0 radical (unpaired) electrons. The summed E-state index contributed by atoms with van der Waals surface area (Å²) in [5.41, 5.74) is 9.20. The van der Waals surface area contributed by atoms with Gasteiger partial charge in [-0.1, -0.05) is 36.4 Å². The number of nitrogens with zero attached hydrogens (tertiary/aromatic N) is 2. The van der Waals surface area contributed by atoms with Gasteiger partial charge in [-0.15, -0.1) is 24.8 Å². The molecule has 6 nitrogen and oxygen atoms in total. The molecule has 3 N–H and O–H groups in total. The Morgan fingerprint density at radius 1 is 1.19 bits per heavy atom. The van der Waals surface area contributed by atoms with Crippen molar-refractivity contribution in [2.45, 2.75) is 32.2 Å².